The van der Waals surface area contributed by atoms with Crippen LogP contribution in [0.5, 0.6) is 0 Å². The predicted molar refractivity (Wildman–Crippen MR) is 51.7 cm³/mol. The zero-order valence-electron chi connectivity index (χ0n) is 8.44. The van der Waals surface area contributed by atoms with Gasteiger partial charge in [-0.2, -0.15) is 13.2 Å². The van der Waals surface area contributed by atoms with Crippen LogP contribution in [0.25, 0.3) is 0 Å². The molecule has 1 aliphatic heterocycles. The summed E-state index contributed by atoms with van der Waals surface area (Å²) in [7, 11) is 0. The average Bonchev–Trinajstić information content (AvgIpc) is 2.66. The van der Waals surface area contributed by atoms with Crippen LogP contribution < -0.4 is 5.32 Å². The highest BCUT2D eigenvalue weighted by Crippen LogP contribution is 2.36. The van der Waals surface area contributed by atoms with Crippen LogP contribution in [0.4, 0.5) is 17.6 Å². The smallest absolute Gasteiger partial charge is 0.313 e. The molecular formula is C11H11F4N. The molecular weight excluding hydrogens is 222 g/mol. The van der Waals surface area contributed by atoms with E-state index in [0.717, 1.165) is 12.1 Å². The molecule has 0 bridgehead atoms. The van der Waals surface area contributed by atoms with Gasteiger partial charge < -0.3 is 5.32 Å². The first-order chi connectivity index (χ1) is 7.42. The minimum atomic E-state index is -4.42. The van der Waals surface area contributed by atoms with Gasteiger partial charge in [0, 0.05) is 6.54 Å². The second-order valence-corrected chi connectivity index (χ2v) is 3.97. The third-order valence-corrected chi connectivity index (χ3v) is 2.81. The lowest BCUT2D eigenvalue weighted by atomic mass is 9.93. The highest BCUT2D eigenvalue weighted by molar-refractivity contribution is 5.31. The molecule has 5 heteroatoms. The van der Waals surface area contributed by atoms with Gasteiger partial charge in [0.2, 0.25) is 0 Å². The quantitative estimate of drug-likeness (QED) is 0.735. The topological polar surface area (TPSA) is 12.0 Å². The fourth-order valence-electron chi connectivity index (χ4n) is 1.88. The lowest BCUT2D eigenvalue weighted by Crippen LogP contribution is -2.23. The number of hydrogen-bond acceptors (Lipinski definition) is 1. The van der Waals surface area contributed by atoms with Crippen LogP contribution in [-0.2, 0) is 11.8 Å². The Labute approximate surface area is 90.5 Å². The van der Waals surface area contributed by atoms with Crippen LogP contribution in [0.2, 0.25) is 0 Å². The van der Waals surface area contributed by atoms with Crippen molar-refractivity contribution in [2.45, 2.75) is 18.3 Å². The third-order valence-electron chi connectivity index (χ3n) is 2.81. The first-order valence-corrected chi connectivity index (χ1v) is 4.99. The Morgan fingerprint density at radius 3 is 2.56 bits per heavy atom. The molecule has 1 aliphatic rings. The van der Waals surface area contributed by atoms with Crippen molar-refractivity contribution in [2.24, 2.45) is 0 Å². The lowest BCUT2D eigenvalue weighted by molar-refractivity contribution is -0.137. The second kappa shape index (κ2) is 3.73. The third kappa shape index (κ3) is 2.04. The van der Waals surface area contributed by atoms with Crippen LogP contribution in [-0.4, -0.2) is 13.1 Å². The van der Waals surface area contributed by atoms with Gasteiger partial charge in [0.15, 0.2) is 0 Å². The fraction of sp³-hybridized carbons (Fsp3) is 0.455. The summed E-state index contributed by atoms with van der Waals surface area (Å²) in [4.78, 5) is 0. The molecule has 1 atom stereocenters. The van der Waals surface area contributed by atoms with Gasteiger partial charge in [0.25, 0.3) is 0 Å². The number of hydrogen-bond donors (Lipinski definition) is 1. The number of nitrogens with one attached hydrogen (secondary N) is 1. The minimum Gasteiger partial charge on any atom is -0.313 e. The first kappa shape index (κ1) is 11.4. The number of halogens is 4. The molecule has 1 N–H and O–H groups in total. The molecule has 0 aromatic heterocycles. The lowest BCUT2D eigenvalue weighted by Gasteiger charge is -2.19. The van der Waals surface area contributed by atoms with Crippen LogP contribution >= 0.6 is 0 Å². The molecule has 1 aromatic rings. The zero-order valence-corrected chi connectivity index (χ0v) is 8.44. The maximum atomic E-state index is 14.2. The van der Waals surface area contributed by atoms with Gasteiger partial charge in [0.05, 0.1) is 5.56 Å². The molecule has 16 heavy (non-hydrogen) atoms. The Hall–Kier alpha value is -1.10. The Morgan fingerprint density at radius 1 is 1.25 bits per heavy atom. The van der Waals surface area contributed by atoms with Gasteiger partial charge in [-0.25, -0.2) is 4.39 Å². The number of alkyl halides is 4. The Balaban J connectivity index is 2.36. The molecule has 0 radical (unpaired) electrons. The number of benzene rings is 1. The largest absolute Gasteiger partial charge is 0.416 e. The molecule has 1 nitrogen and oxygen atoms in total. The van der Waals surface area contributed by atoms with E-state index in [-0.39, 0.29) is 18.5 Å². The summed E-state index contributed by atoms with van der Waals surface area (Å²) in [5.41, 5.74) is -2.36. The molecule has 0 spiro atoms. The molecule has 0 aliphatic carbocycles. The van der Waals surface area contributed by atoms with Gasteiger partial charge >= 0.3 is 6.18 Å². The van der Waals surface area contributed by atoms with E-state index in [4.69, 9.17) is 0 Å². The van der Waals surface area contributed by atoms with E-state index in [1.54, 1.807) is 0 Å². The Morgan fingerprint density at radius 2 is 2.00 bits per heavy atom. The SMILES string of the molecule is FC(F)(F)c1cccc(C2(F)CCNC2)c1. The summed E-state index contributed by atoms with van der Waals surface area (Å²) in [5.74, 6) is 0. The van der Waals surface area contributed by atoms with Crippen LogP contribution in [0, 0.1) is 0 Å². The fourth-order valence-corrected chi connectivity index (χ4v) is 1.88. The van der Waals surface area contributed by atoms with Crippen molar-refractivity contribution in [3.05, 3.63) is 35.4 Å². The Bertz CT molecular complexity index is 380. The molecule has 1 saturated heterocycles. The second-order valence-electron chi connectivity index (χ2n) is 3.97. The van der Waals surface area contributed by atoms with E-state index >= 15 is 0 Å². The van der Waals surface area contributed by atoms with Crippen molar-refractivity contribution >= 4 is 0 Å². The maximum Gasteiger partial charge on any atom is 0.416 e. The molecule has 1 fully saturated rings. The van der Waals surface area contributed by atoms with E-state index in [1.165, 1.54) is 12.1 Å². The van der Waals surface area contributed by atoms with Gasteiger partial charge in [-0.1, -0.05) is 12.1 Å². The van der Waals surface area contributed by atoms with Crippen molar-refractivity contribution in [1.82, 2.24) is 5.32 Å². The average molecular weight is 233 g/mol. The van der Waals surface area contributed by atoms with E-state index in [9.17, 15) is 17.6 Å². The van der Waals surface area contributed by atoms with Crippen molar-refractivity contribution in [2.75, 3.05) is 13.1 Å². The highest BCUT2D eigenvalue weighted by atomic mass is 19.4. The molecule has 1 aromatic carbocycles. The summed E-state index contributed by atoms with van der Waals surface area (Å²) in [6, 6.07) is 4.50. The summed E-state index contributed by atoms with van der Waals surface area (Å²) < 4.78 is 51.5. The molecule has 0 amide bonds. The monoisotopic (exact) mass is 233 g/mol. The van der Waals surface area contributed by atoms with Crippen molar-refractivity contribution in [3.63, 3.8) is 0 Å². The summed E-state index contributed by atoms with van der Waals surface area (Å²) in [6.45, 7) is 0.570. The van der Waals surface area contributed by atoms with Crippen molar-refractivity contribution < 1.29 is 17.6 Å². The summed E-state index contributed by atoms with van der Waals surface area (Å²) in [5, 5.41) is 2.81. The minimum absolute atomic E-state index is 0.0777. The van der Waals surface area contributed by atoms with Crippen molar-refractivity contribution in [3.8, 4) is 0 Å². The van der Waals surface area contributed by atoms with E-state index in [2.05, 4.69) is 5.32 Å². The molecule has 2 rings (SSSR count). The van der Waals surface area contributed by atoms with E-state index in [0.29, 0.717) is 6.54 Å². The summed E-state index contributed by atoms with van der Waals surface area (Å²) >= 11 is 0. The van der Waals surface area contributed by atoms with E-state index in [1.807, 2.05) is 0 Å². The molecule has 1 heterocycles. The normalized spacial score (nSPS) is 26.0. The van der Waals surface area contributed by atoms with Gasteiger partial charge in [-0.05, 0) is 30.7 Å². The molecule has 88 valence electrons. The van der Waals surface area contributed by atoms with Gasteiger partial charge in [-0.15, -0.1) is 0 Å². The zero-order chi connectivity index (χ0) is 11.8. The number of rotatable bonds is 1. The highest BCUT2D eigenvalue weighted by Gasteiger charge is 2.38. The Kier molecular flexibility index (Phi) is 2.66. The first-order valence-electron chi connectivity index (χ1n) is 4.99. The van der Waals surface area contributed by atoms with Crippen LogP contribution in [0.15, 0.2) is 24.3 Å². The maximum absolute atomic E-state index is 14.2. The van der Waals surface area contributed by atoms with E-state index < -0.39 is 17.4 Å². The molecule has 0 saturated carbocycles. The summed E-state index contributed by atoms with van der Waals surface area (Å²) in [6.07, 6.45) is -4.20. The van der Waals surface area contributed by atoms with Gasteiger partial charge in [0.1, 0.15) is 5.67 Å². The predicted octanol–water partition coefficient (Wildman–Crippen LogP) is 2.86. The van der Waals surface area contributed by atoms with Gasteiger partial charge in [-0.3, -0.25) is 0 Å². The standard InChI is InChI=1S/C11H11F4N/c12-10(4-5-16-7-10)8-2-1-3-9(6-8)11(13,14)15/h1-3,6,16H,4-5,7H2. The molecule has 1 unspecified atom stereocenters. The van der Waals surface area contributed by atoms with Crippen LogP contribution in [0.1, 0.15) is 17.5 Å². The van der Waals surface area contributed by atoms with Crippen LogP contribution in [0.3, 0.4) is 0 Å². The van der Waals surface area contributed by atoms with Crippen molar-refractivity contribution in [1.29, 1.82) is 0 Å².